The van der Waals surface area contributed by atoms with E-state index < -0.39 is 5.97 Å². The Morgan fingerprint density at radius 2 is 2.00 bits per heavy atom. The van der Waals surface area contributed by atoms with Gasteiger partial charge in [-0.05, 0) is 54.0 Å². The fourth-order valence-corrected chi connectivity index (χ4v) is 3.96. The van der Waals surface area contributed by atoms with Crippen LogP contribution in [0, 0.1) is 9.49 Å². The third kappa shape index (κ3) is 2.04. The van der Waals surface area contributed by atoms with Crippen molar-refractivity contribution in [3.8, 4) is 0 Å². The van der Waals surface area contributed by atoms with Gasteiger partial charge < -0.3 is 10.0 Å². The van der Waals surface area contributed by atoms with Crippen LogP contribution in [0.15, 0.2) is 24.3 Å². The van der Waals surface area contributed by atoms with Crippen molar-refractivity contribution in [2.24, 2.45) is 5.92 Å². The maximum Gasteiger partial charge on any atom is 0.308 e. The number of carboxylic acid groups (broad SMARTS) is 1. The van der Waals surface area contributed by atoms with Crippen molar-refractivity contribution in [1.82, 2.24) is 4.90 Å². The number of aliphatic carboxylic acids is 1. The Morgan fingerprint density at radius 1 is 1.26 bits per heavy atom. The minimum atomic E-state index is -0.771. The van der Waals surface area contributed by atoms with Crippen LogP contribution in [0.2, 0.25) is 0 Å². The van der Waals surface area contributed by atoms with Crippen LogP contribution in [0.1, 0.15) is 29.6 Å². The topological polar surface area (TPSA) is 57.6 Å². The SMILES string of the molecule is O=C(O)C1CC2CCC1N2C(=O)c1ccccc1I. The standard InChI is InChI=1S/C14H14INO3/c15-11-4-2-1-3-9(11)13(17)16-8-5-6-12(16)10(7-8)14(18)19/h1-4,8,10,12H,5-7H2,(H,18,19). The first-order valence-corrected chi connectivity index (χ1v) is 7.47. The summed E-state index contributed by atoms with van der Waals surface area (Å²) >= 11 is 2.15. The minimum absolute atomic E-state index is 0.0127. The summed E-state index contributed by atoms with van der Waals surface area (Å²) in [6, 6.07) is 7.46. The van der Waals surface area contributed by atoms with Gasteiger partial charge in [0.05, 0.1) is 11.5 Å². The van der Waals surface area contributed by atoms with E-state index in [2.05, 4.69) is 22.6 Å². The largest absolute Gasteiger partial charge is 0.481 e. The first-order valence-electron chi connectivity index (χ1n) is 6.39. The molecule has 0 aliphatic carbocycles. The van der Waals surface area contributed by atoms with Gasteiger partial charge in [-0.25, -0.2) is 0 Å². The van der Waals surface area contributed by atoms with Crippen molar-refractivity contribution in [2.75, 3.05) is 0 Å². The average Bonchev–Trinajstić information content (AvgIpc) is 2.96. The summed E-state index contributed by atoms with van der Waals surface area (Å²) in [5, 5.41) is 9.22. The van der Waals surface area contributed by atoms with E-state index in [4.69, 9.17) is 0 Å². The summed E-state index contributed by atoms with van der Waals surface area (Å²) in [7, 11) is 0. The van der Waals surface area contributed by atoms with Gasteiger partial charge in [-0.1, -0.05) is 12.1 Å². The highest BCUT2D eigenvalue weighted by Crippen LogP contribution is 2.42. The van der Waals surface area contributed by atoms with E-state index in [1.54, 1.807) is 0 Å². The molecule has 2 heterocycles. The normalized spacial score (nSPS) is 28.7. The van der Waals surface area contributed by atoms with Crippen LogP contribution in [0.25, 0.3) is 0 Å². The van der Waals surface area contributed by atoms with Gasteiger partial charge >= 0.3 is 5.97 Å². The summed E-state index contributed by atoms with van der Waals surface area (Å²) in [6.45, 7) is 0. The van der Waals surface area contributed by atoms with Crippen molar-refractivity contribution in [3.05, 3.63) is 33.4 Å². The van der Waals surface area contributed by atoms with E-state index in [0.29, 0.717) is 12.0 Å². The first kappa shape index (κ1) is 12.9. The molecule has 1 N–H and O–H groups in total. The molecule has 1 aromatic rings. The number of carboxylic acids is 1. The zero-order chi connectivity index (χ0) is 13.6. The number of halogens is 1. The Balaban J connectivity index is 1.90. The van der Waals surface area contributed by atoms with Gasteiger partial charge in [0.2, 0.25) is 0 Å². The molecule has 0 aromatic heterocycles. The van der Waals surface area contributed by atoms with E-state index in [-0.39, 0.29) is 23.9 Å². The Kier molecular flexibility index (Phi) is 3.24. The fraction of sp³-hybridized carbons (Fsp3) is 0.429. The molecular formula is C14H14INO3. The van der Waals surface area contributed by atoms with Gasteiger partial charge in [0.1, 0.15) is 0 Å². The molecule has 2 fully saturated rings. The van der Waals surface area contributed by atoms with Gasteiger partial charge in [-0.3, -0.25) is 9.59 Å². The highest BCUT2D eigenvalue weighted by Gasteiger charge is 2.51. The van der Waals surface area contributed by atoms with Crippen molar-refractivity contribution >= 4 is 34.5 Å². The molecule has 4 nitrogen and oxygen atoms in total. The highest BCUT2D eigenvalue weighted by molar-refractivity contribution is 14.1. The van der Waals surface area contributed by atoms with Crippen LogP contribution >= 0.6 is 22.6 Å². The number of hydrogen-bond acceptors (Lipinski definition) is 2. The number of amides is 1. The van der Waals surface area contributed by atoms with Gasteiger partial charge in [0, 0.05) is 15.7 Å². The maximum absolute atomic E-state index is 12.6. The van der Waals surface area contributed by atoms with Crippen LogP contribution in [-0.2, 0) is 4.79 Å². The zero-order valence-corrected chi connectivity index (χ0v) is 12.4. The Labute approximate surface area is 124 Å². The summed E-state index contributed by atoms with van der Waals surface area (Å²) in [5.41, 5.74) is 0.686. The third-order valence-corrected chi connectivity index (χ3v) is 5.13. The Hall–Kier alpha value is -1.11. The molecule has 3 unspecified atom stereocenters. The molecule has 0 saturated carbocycles. The molecular weight excluding hydrogens is 357 g/mol. The van der Waals surface area contributed by atoms with Crippen molar-refractivity contribution in [1.29, 1.82) is 0 Å². The predicted molar refractivity (Wildman–Crippen MR) is 77.9 cm³/mol. The number of nitrogens with zero attached hydrogens (tertiary/aromatic N) is 1. The number of carbonyl (C=O) groups is 2. The molecule has 1 aromatic carbocycles. The second kappa shape index (κ2) is 4.77. The molecule has 3 rings (SSSR count). The molecule has 100 valence electrons. The summed E-state index contributed by atoms with van der Waals surface area (Å²) in [4.78, 5) is 25.7. The third-order valence-electron chi connectivity index (χ3n) is 4.19. The molecule has 1 amide bonds. The number of carbonyl (C=O) groups excluding carboxylic acids is 1. The molecule has 2 bridgehead atoms. The highest BCUT2D eigenvalue weighted by atomic mass is 127. The second-order valence-electron chi connectivity index (χ2n) is 5.17. The molecule has 0 spiro atoms. The lowest BCUT2D eigenvalue weighted by atomic mass is 9.89. The number of fused-ring (bicyclic) bond motifs is 2. The van der Waals surface area contributed by atoms with E-state index in [1.807, 2.05) is 29.2 Å². The van der Waals surface area contributed by atoms with Crippen molar-refractivity contribution < 1.29 is 14.7 Å². The average molecular weight is 371 g/mol. The Bertz CT molecular complexity index is 545. The zero-order valence-electron chi connectivity index (χ0n) is 10.3. The molecule has 2 saturated heterocycles. The van der Waals surface area contributed by atoms with E-state index >= 15 is 0 Å². The van der Waals surface area contributed by atoms with Gasteiger partial charge in [0.15, 0.2) is 0 Å². The lowest BCUT2D eigenvalue weighted by Gasteiger charge is -2.23. The van der Waals surface area contributed by atoms with Crippen LogP contribution < -0.4 is 0 Å². The second-order valence-corrected chi connectivity index (χ2v) is 6.33. The number of hydrogen-bond donors (Lipinski definition) is 1. The predicted octanol–water partition coefficient (Wildman–Crippen LogP) is 2.37. The van der Waals surface area contributed by atoms with Gasteiger partial charge in [-0.15, -0.1) is 0 Å². The lowest BCUT2D eigenvalue weighted by molar-refractivity contribution is -0.142. The van der Waals surface area contributed by atoms with Crippen LogP contribution in [0.4, 0.5) is 0 Å². The summed E-state index contributed by atoms with van der Waals surface area (Å²) in [5.74, 6) is -1.17. The molecule has 2 aliphatic rings. The molecule has 2 aliphatic heterocycles. The first-order chi connectivity index (χ1) is 9.09. The van der Waals surface area contributed by atoms with Crippen molar-refractivity contribution in [2.45, 2.75) is 31.3 Å². The minimum Gasteiger partial charge on any atom is -0.481 e. The van der Waals surface area contributed by atoms with Crippen LogP contribution in [0.5, 0.6) is 0 Å². The van der Waals surface area contributed by atoms with E-state index in [0.717, 1.165) is 16.4 Å². The summed E-state index contributed by atoms with van der Waals surface area (Å²) in [6.07, 6.45) is 2.36. The fourth-order valence-electron chi connectivity index (χ4n) is 3.34. The van der Waals surface area contributed by atoms with Crippen LogP contribution in [-0.4, -0.2) is 34.0 Å². The maximum atomic E-state index is 12.6. The van der Waals surface area contributed by atoms with Gasteiger partial charge in [-0.2, -0.15) is 0 Å². The van der Waals surface area contributed by atoms with Gasteiger partial charge in [0.25, 0.3) is 5.91 Å². The summed E-state index contributed by atoms with van der Waals surface area (Å²) < 4.78 is 0.920. The van der Waals surface area contributed by atoms with E-state index in [1.165, 1.54) is 0 Å². The lowest BCUT2D eigenvalue weighted by Crippen LogP contribution is -2.38. The quantitative estimate of drug-likeness (QED) is 0.813. The number of rotatable bonds is 2. The smallest absolute Gasteiger partial charge is 0.308 e. The van der Waals surface area contributed by atoms with E-state index in [9.17, 15) is 14.7 Å². The molecule has 3 atom stereocenters. The molecule has 19 heavy (non-hydrogen) atoms. The molecule has 0 radical (unpaired) electrons. The monoisotopic (exact) mass is 371 g/mol. The number of benzene rings is 1. The van der Waals surface area contributed by atoms with Crippen molar-refractivity contribution in [3.63, 3.8) is 0 Å². The Morgan fingerprint density at radius 3 is 2.63 bits per heavy atom. The molecule has 5 heteroatoms. The van der Waals surface area contributed by atoms with Crippen LogP contribution in [0.3, 0.4) is 0 Å².